The highest BCUT2D eigenvalue weighted by molar-refractivity contribution is 5.83. The minimum Gasteiger partial charge on any atom is -0.341 e. The Bertz CT molecular complexity index is 722. The normalized spacial score (nSPS) is 11.5. The maximum absolute atomic E-state index is 11.8. The van der Waals surface area contributed by atoms with E-state index >= 15 is 0 Å². The molecular formula is C17H15NO3. The second kappa shape index (κ2) is 5.40. The molecule has 1 N–H and O–H groups in total. The van der Waals surface area contributed by atoms with Gasteiger partial charge in [-0.15, -0.1) is 0 Å². The smallest absolute Gasteiger partial charge is 0.329 e. The SMILES string of the molecule is CC(=O)ONC(=O)Cc1cccc2c1Cc1ccccc1-2. The minimum absolute atomic E-state index is 0.199. The van der Waals surface area contributed by atoms with Crippen molar-refractivity contribution in [2.45, 2.75) is 19.8 Å². The van der Waals surface area contributed by atoms with Gasteiger partial charge < -0.3 is 4.84 Å². The van der Waals surface area contributed by atoms with Crippen LogP contribution in [-0.2, 0) is 27.3 Å². The summed E-state index contributed by atoms with van der Waals surface area (Å²) in [5, 5.41) is 0. The Morgan fingerprint density at radius 1 is 1.10 bits per heavy atom. The van der Waals surface area contributed by atoms with Crippen molar-refractivity contribution in [2.24, 2.45) is 0 Å². The van der Waals surface area contributed by atoms with Gasteiger partial charge in [0.2, 0.25) is 0 Å². The topological polar surface area (TPSA) is 55.4 Å². The zero-order valence-corrected chi connectivity index (χ0v) is 11.7. The number of benzene rings is 2. The lowest BCUT2D eigenvalue weighted by Crippen LogP contribution is -2.27. The van der Waals surface area contributed by atoms with Gasteiger partial charge in [0.1, 0.15) is 0 Å². The fourth-order valence-electron chi connectivity index (χ4n) is 2.73. The summed E-state index contributed by atoms with van der Waals surface area (Å²) in [4.78, 5) is 27.0. The van der Waals surface area contributed by atoms with Crippen LogP contribution in [-0.4, -0.2) is 11.9 Å². The Kier molecular flexibility index (Phi) is 3.44. The van der Waals surface area contributed by atoms with Crippen molar-refractivity contribution in [1.29, 1.82) is 0 Å². The molecule has 0 saturated heterocycles. The van der Waals surface area contributed by atoms with Crippen molar-refractivity contribution >= 4 is 11.9 Å². The van der Waals surface area contributed by atoms with Gasteiger partial charge in [-0.1, -0.05) is 42.5 Å². The van der Waals surface area contributed by atoms with Gasteiger partial charge >= 0.3 is 5.97 Å². The third-order valence-corrected chi connectivity index (χ3v) is 3.61. The molecule has 1 amide bonds. The van der Waals surface area contributed by atoms with Gasteiger partial charge in [-0.05, 0) is 34.2 Å². The minimum atomic E-state index is -0.533. The number of hydrogen-bond acceptors (Lipinski definition) is 3. The van der Waals surface area contributed by atoms with Crippen molar-refractivity contribution in [3.05, 3.63) is 59.2 Å². The molecule has 0 heterocycles. The lowest BCUT2D eigenvalue weighted by molar-refractivity contribution is -0.155. The van der Waals surface area contributed by atoms with Crippen LogP contribution in [0.5, 0.6) is 0 Å². The number of hydrogen-bond donors (Lipinski definition) is 1. The first-order chi connectivity index (χ1) is 10.1. The van der Waals surface area contributed by atoms with Crippen LogP contribution in [0, 0.1) is 0 Å². The number of nitrogens with one attached hydrogen (secondary N) is 1. The summed E-state index contributed by atoms with van der Waals surface area (Å²) in [6.45, 7) is 1.25. The molecule has 0 saturated carbocycles. The summed E-state index contributed by atoms with van der Waals surface area (Å²) in [5.41, 5.74) is 7.99. The number of fused-ring (bicyclic) bond motifs is 3. The van der Waals surface area contributed by atoms with E-state index in [-0.39, 0.29) is 12.3 Å². The standard InChI is InChI=1S/C17H15NO3/c1-11(19)21-18-17(20)10-13-6-4-8-15-14-7-3-2-5-12(14)9-16(13)15/h2-8H,9-10H2,1H3,(H,18,20). The van der Waals surface area contributed by atoms with Gasteiger partial charge in [-0.25, -0.2) is 0 Å². The molecule has 106 valence electrons. The molecule has 0 radical (unpaired) electrons. The Morgan fingerprint density at radius 2 is 1.86 bits per heavy atom. The molecule has 0 bridgehead atoms. The summed E-state index contributed by atoms with van der Waals surface area (Å²) in [7, 11) is 0. The van der Waals surface area contributed by atoms with E-state index in [2.05, 4.69) is 28.5 Å². The number of rotatable bonds is 2. The number of hydroxylamine groups is 1. The molecule has 21 heavy (non-hydrogen) atoms. The Morgan fingerprint density at radius 3 is 2.67 bits per heavy atom. The summed E-state index contributed by atoms with van der Waals surface area (Å²) in [5.74, 6) is -0.858. The van der Waals surface area contributed by atoms with Crippen molar-refractivity contribution in [3.8, 4) is 11.1 Å². The van der Waals surface area contributed by atoms with Crippen LogP contribution < -0.4 is 5.48 Å². The summed E-state index contributed by atoms with van der Waals surface area (Å²) in [6.07, 6.45) is 1.03. The quantitative estimate of drug-likeness (QED) is 0.734. The average molecular weight is 281 g/mol. The highest BCUT2D eigenvalue weighted by atomic mass is 16.7. The predicted molar refractivity (Wildman–Crippen MR) is 78.3 cm³/mol. The molecule has 2 aromatic rings. The van der Waals surface area contributed by atoms with E-state index in [9.17, 15) is 9.59 Å². The van der Waals surface area contributed by atoms with E-state index in [1.807, 2.05) is 24.3 Å². The third-order valence-electron chi connectivity index (χ3n) is 3.61. The monoisotopic (exact) mass is 281 g/mol. The van der Waals surface area contributed by atoms with Gasteiger partial charge in [0.25, 0.3) is 5.91 Å². The van der Waals surface area contributed by atoms with Crippen molar-refractivity contribution in [3.63, 3.8) is 0 Å². The lowest BCUT2D eigenvalue weighted by Gasteiger charge is -2.08. The number of carbonyl (C=O) groups excluding carboxylic acids is 2. The molecule has 0 unspecified atom stereocenters. The van der Waals surface area contributed by atoms with Crippen molar-refractivity contribution in [2.75, 3.05) is 0 Å². The Labute approximate surface area is 122 Å². The highest BCUT2D eigenvalue weighted by Gasteiger charge is 2.21. The molecule has 0 atom stereocenters. The molecule has 4 nitrogen and oxygen atoms in total. The third kappa shape index (κ3) is 2.65. The van der Waals surface area contributed by atoms with E-state index in [0.29, 0.717) is 0 Å². The fourth-order valence-corrected chi connectivity index (χ4v) is 2.73. The Hall–Kier alpha value is -2.62. The van der Waals surface area contributed by atoms with Crippen LogP contribution in [0.1, 0.15) is 23.6 Å². The summed E-state index contributed by atoms with van der Waals surface area (Å²) in [6, 6.07) is 14.2. The van der Waals surface area contributed by atoms with Crippen LogP contribution in [0.2, 0.25) is 0 Å². The first kappa shape index (κ1) is 13.4. The second-order valence-electron chi connectivity index (χ2n) is 5.07. The molecule has 1 aliphatic rings. The molecule has 4 heteroatoms. The molecule has 0 fully saturated rings. The second-order valence-corrected chi connectivity index (χ2v) is 5.07. The van der Waals surface area contributed by atoms with Crippen LogP contribution in [0.15, 0.2) is 42.5 Å². The lowest BCUT2D eigenvalue weighted by atomic mass is 9.99. The van der Waals surface area contributed by atoms with Gasteiger partial charge in [0.15, 0.2) is 0 Å². The van der Waals surface area contributed by atoms with E-state index < -0.39 is 5.97 Å². The van der Waals surface area contributed by atoms with E-state index in [4.69, 9.17) is 0 Å². The van der Waals surface area contributed by atoms with Crippen LogP contribution in [0.4, 0.5) is 0 Å². The zero-order valence-electron chi connectivity index (χ0n) is 11.7. The van der Waals surface area contributed by atoms with Gasteiger partial charge in [-0.3, -0.25) is 9.59 Å². The maximum Gasteiger partial charge on any atom is 0.329 e. The molecule has 3 rings (SSSR count). The average Bonchev–Trinajstić information content (AvgIpc) is 2.85. The molecule has 0 aromatic heterocycles. The van der Waals surface area contributed by atoms with Crippen LogP contribution >= 0.6 is 0 Å². The van der Waals surface area contributed by atoms with Gasteiger partial charge in [0.05, 0.1) is 6.42 Å². The fraction of sp³-hybridized carbons (Fsp3) is 0.176. The zero-order chi connectivity index (χ0) is 14.8. The highest BCUT2D eigenvalue weighted by Crippen LogP contribution is 2.38. The first-order valence-corrected chi connectivity index (χ1v) is 6.80. The largest absolute Gasteiger partial charge is 0.341 e. The summed E-state index contributed by atoms with van der Waals surface area (Å²) < 4.78 is 0. The number of amides is 1. The van der Waals surface area contributed by atoms with E-state index in [1.54, 1.807) is 0 Å². The van der Waals surface area contributed by atoms with E-state index in [1.165, 1.54) is 29.2 Å². The van der Waals surface area contributed by atoms with E-state index in [0.717, 1.165) is 12.0 Å². The van der Waals surface area contributed by atoms with Gasteiger partial charge in [-0.2, -0.15) is 5.48 Å². The first-order valence-electron chi connectivity index (χ1n) is 6.80. The van der Waals surface area contributed by atoms with Crippen molar-refractivity contribution in [1.82, 2.24) is 5.48 Å². The molecule has 0 spiro atoms. The number of carbonyl (C=O) groups is 2. The maximum atomic E-state index is 11.8. The summed E-state index contributed by atoms with van der Waals surface area (Å²) >= 11 is 0. The van der Waals surface area contributed by atoms with Crippen molar-refractivity contribution < 1.29 is 14.4 Å². The van der Waals surface area contributed by atoms with Crippen LogP contribution in [0.25, 0.3) is 11.1 Å². The van der Waals surface area contributed by atoms with Gasteiger partial charge in [0, 0.05) is 6.92 Å². The molecule has 1 aliphatic carbocycles. The predicted octanol–water partition coefficient (Wildman–Crippen LogP) is 2.39. The molecule has 0 aliphatic heterocycles. The molecule has 2 aromatic carbocycles. The Balaban J connectivity index is 1.83. The van der Waals surface area contributed by atoms with Crippen LogP contribution in [0.3, 0.4) is 0 Å². The molecular weight excluding hydrogens is 266 g/mol.